The summed E-state index contributed by atoms with van der Waals surface area (Å²) in [5.41, 5.74) is 0. The number of allylic oxidation sites excluding steroid dienone is 18. The molecular formula is C73H124O6. The van der Waals surface area contributed by atoms with Crippen LogP contribution in [0.1, 0.15) is 316 Å². The van der Waals surface area contributed by atoms with Crippen molar-refractivity contribution in [3.8, 4) is 0 Å². The fourth-order valence-corrected chi connectivity index (χ4v) is 9.32. The SMILES string of the molecule is CC/C=C\C/C=C\C/C=C\C/C=C\C/C=C\C/C=C\C/C=C\C/C=C\C/C=C\CCCCCC(=O)OCC(COC(=O)CCCCCCCCCCCCCC)OC(=O)CCCCCCCCCCCCCCCCCCCC. The molecule has 79 heavy (non-hydrogen) atoms. The number of hydrogen-bond donors (Lipinski definition) is 0. The van der Waals surface area contributed by atoms with Crippen molar-refractivity contribution in [3.05, 3.63) is 109 Å². The summed E-state index contributed by atoms with van der Waals surface area (Å²) in [6, 6.07) is 0. The van der Waals surface area contributed by atoms with Crippen LogP contribution in [0.4, 0.5) is 0 Å². The Kier molecular flexibility index (Phi) is 63.3. The molecule has 0 bridgehead atoms. The van der Waals surface area contributed by atoms with Crippen molar-refractivity contribution in [3.63, 3.8) is 0 Å². The zero-order valence-electron chi connectivity index (χ0n) is 51.9. The Bertz CT molecular complexity index is 1590. The van der Waals surface area contributed by atoms with E-state index in [1.54, 1.807) is 0 Å². The van der Waals surface area contributed by atoms with Crippen molar-refractivity contribution < 1.29 is 28.6 Å². The monoisotopic (exact) mass is 1100 g/mol. The minimum atomic E-state index is -0.790. The summed E-state index contributed by atoms with van der Waals surface area (Å²) in [5, 5.41) is 0. The number of ether oxygens (including phenoxy) is 3. The van der Waals surface area contributed by atoms with Gasteiger partial charge in [0.05, 0.1) is 0 Å². The van der Waals surface area contributed by atoms with E-state index < -0.39 is 6.10 Å². The predicted octanol–water partition coefficient (Wildman–Crippen LogP) is 23.0. The lowest BCUT2D eigenvalue weighted by Crippen LogP contribution is -2.30. The number of rotatable bonds is 60. The Labute approximate surface area is 489 Å². The van der Waals surface area contributed by atoms with E-state index in [4.69, 9.17) is 14.2 Å². The first-order chi connectivity index (χ1) is 39.0. The van der Waals surface area contributed by atoms with Gasteiger partial charge in [-0.15, -0.1) is 0 Å². The highest BCUT2D eigenvalue weighted by molar-refractivity contribution is 5.71. The lowest BCUT2D eigenvalue weighted by Gasteiger charge is -2.18. The van der Waals surface area contributed by atoms with Gasteiger partial charge in [-0.2, -0.15) is 0 Å². The van der Waals surface area contributed by atoms with Crippen molar-refractivity contribution in [1.82, 2.24) is 0 Å². The smallest absolute Gasteiger partial charge is 0.306 e. The van der Waals surface area contributed by atoms with Crippen LogP contribution >= 0.6 is 0 Å². The van der Waals surface area contributed by atoms with E-state index >= 15 is 0 Å². The molecule has 0 saturated carbocycles. The minimum Gasteiger partial charge on any atom is -0.462 e. The highest BCUT2D eigenvalue weighted by Gasteiger charge is 2.19. The van der Waals surface area contributed by atoms with Crippen molar-refractivity contribution in [1.29, 1.82) is 0 Å². The van der Waals surface area contributed by atoms with Crippen LogP contribution in [-0.2, 0) is 28.6 Å². The first-order valence-corrected chi connectivity index (χ1v) is 33.4. The molecule has 0 aromatic rings. The molecule has 0 rings (SSSR count). The minimum absolute atomic E-state index is 0.0848. The molecule has 0 aliphatic carbocycles. The van der Waals surface area contributed by atoms with Gasteiger partial charge in [-0.05, 0) is 89.9 Å². The van der Waals surface area contributed by atoms with Crippen molar-refractivity contribution in [2.75, 3.05) is 13.2 Å². The lowest BCUT2D eigenvalue weighted by atomic mass is 10.0. The standard InChI is InChI=1S/C73H124O6/c1-4-7-10-13-16-19-22-25-27-29-31-32-33-34-35-36-37-38-39-40-41-42-43-45-46-48-51-54-57-60-63-66-72(75)78-69-70(68-77-71(74)65-62-59-56-53-50-24-21-18-15-12-9-6-3)79-73(76)67-64-61-58-55-52-49-47-44-30-28-26-23-20-17-14-11-8-5-2/h7,10,16,19,25,27,31-32,34-35,37-38,40-41,43,45,48,51,70H,4-6,8-9,11-15,17-18,20-24,26,28-30,33,36,39,42,44,46-47,49-50,52-69H2,1-3H3/b10-7-,19-16-,27-25-,32-31-,35-34-,38-37-,41-40-,45-43-,51-48-. The van der Waals surface area contributed by atoms with E-state index in [-0.39, 0.29) is 31.1 Å². The van der Waals surface area contributed by atoms with E-state index in [1.807, 2.05) is 0 Å². The molecule has 1 atom stereocenters. The highest BCUT2D eigenvalue weighted by Crippen LogP contribution is 2.17. The largest absolute Gasteiger partial charge is 0.462 e. The van der Waals surface area contributed by atoms with E-state index in [2.05, 4.69) is 130 Å². The highest BCUT2D eigenvalue weighted by atomic mass is 16.6. The summed E-state index contributed by atoms with van der Waals surface area (Å²) in [6.07, 6.45) is 91.0. The number of carbonyl (C=O) groups is 3. The second-order valence-electron chi connectivity index (χ2n) is 22.0. The number of hydrogen-bond acceptors (Lipinski definition) is 6. The molecule has 0 fully saturated rings. The molecule has 6 nitrogen and oxygen atoms in total. The molecule has 0 N–H and O–H groups in total. The van der Waals surface area contributed by atoms with Crippen molar-refractivity contribution >= 4 is 17.9 Å². The molecule has 0 radical (unpaired) electrons. The normalized spacial score (nSPS) is 12.8. The molecule has 0 aliphatic rings. The third-order valence-electron chi connectivity index (χ3n) is 14.3. The van der Waals surface area contributed by atoms with Gasteiger partial charge in [-0.1, -0.05) is 316 Å². The van der Waals surface area contributed by atoms with Crippen LogP contribution in [-0.4, -0.2) is 37.2 Å². The molecule has 0 aromatic carbocycles. The van der Waals surface area contributed by atoms with Gasteiger partial charge in [-0.3, -0.25) is 14.4 Å². The maximum atomic E-state index is 12.9. The fourth-order valence-electron chi connectivity index (χ4n) is 9.32. The molecular weight excluding hydrogens is 973 g/mol. The summed E-state index contributed by atoms with van der Waals surface area (Å²) in [5.74, 6) is -0.907. The van der Waals surface area contributed by atoms with Gasteiger partial charge in [0.25, 0.3) is 0 Å². The van der Waals surface area contributed by atoms with Gasteiger partial charge in [0.15, 0.2) is 6.10 Å². The Morgan fingerprint density at radius 3 is 0.772 bits per heavy atom. The molecule has 0 aliphatic heterocycles. The Morgan fingerprint density at radius 1 is 0.266 bits per heavy atom. The fraction of sp³-hybridized carbons (Fsp3) is 0.712. The molecule has 1 unspecified atom stereocenters. The zero-order valence-corrected chi connectivity index (χ0v) is 51.9. The van der Waals surface area contributed by atoms with E-state index in [9.17, 15) is 14.4 Å². The average molecular weight is 1100 g/mol. The zero-order chi connectivity index (χ0) is 57.1. The number of esters is 3. The molecule has 0 heterocycles. The third kappa shape index (κ3) is 64.8. The third-order valence-corrected chi connectivity index (χ3v) is 14.3. The van der Waals surface area contributed by atoms with Crippen LogP contribution < -0.4 is 0 Å². The second kappa shape index (κ2) is 66.6. The summed E-state index contributed by atoms with van der Waals surface area (Å²) >= 11 is 0. The molecule has 0 aromatic heterocycles. The van der Waals surface area contributed by atoms with E-state index in [0.29, 0.717) is 19.3 Å². The van der Waals surface area contributed by atoms with E-state index in [1.165, 1.54) is 154 Å². The van der Waals surface area contributed by atoms with E-state index in [0.717, 1.165) is 122 Å². The Morgan fingerprint density at radius 2 is 0.494 bits per heavy atom. The topological polar surface area (TPSA) is 78.9 Å². The summed E-state index contributed by atoms with van der Waals surface area (Å²) < 4.78 is 16.9. The van der Waals surface area contributed by atoms with Gasteiger partial charge in [0.2, 0.25) is 0 Å². The van der Waals surface area contributed by atoms with Crippen LogP contribution in [0.25, 0.3) is 0 Å². The first kappa shape index (κ1) is 75.1. The molecule has 452 valence electrons. The van der Waals surface area contributed by atoms with Crippen molar-refractivity contribution in [2.45, 2.75) is 322 Å². The Hall–Kier alpha value is -3.93. The van der Waals surface area contributed by atoms with Crippen LogP contribution in [0, 0.1) is 0 Å². The van der Waals surface area contributed by atoms with Gasteiger partial charge >= 0.3 is 17.9 Å². The summed E-state index contributed by atoms with van der Waals surface area (Å²) in [6.45, 7) is 6.53. The molecule has 6 heteroatoms. The second-order valence-corrected chi connectivity index (χ2v) is 22.0. The quantitative estimate of drug-likeness (QED) is 0.0261. The number of carbonyl (C=O) groups excluding carboxylic acids is 3. The van der Waals surface area contributed by atoms with Crippen molar-refractivity contribution in [2.24, 2.45) is 0 Å². The van der Waals surface area contributed by atoms with Crippen LogP contribution in [0.3, 0.4) is 0 Å². The van der Waals surface area contributed by atoms with Crippen LogP contribution in [0.15, 0.2) is 109 Å². The molecule has 0 amide bonds. The van der Waals surface area contributed by atoms with Gasteiger partial charge in [-0.25, -0.2) is 0 Å². The molecule has 0 saturated heterocycles. The van der Waals surface area contributed by atoms with Gasteiger partial charge in [0, 0.05) is 19.3 Å². The maximum absolute atomic E-state index is 12.9. The Balaban J connectivity index is 4.34. The first-order valence-electron chi connectivity index (χ1n) is 33.4. The maximum Gasteiger partial charge on any atom is 0.306 e. The lowest BCUT2D eigenvalue weighted by molar-refractivity contribution is -0.167. The van der Waals surface area contributed by atoms with Crippen LogP contribution in [0.5, 0.6) is 0 Å². The van der Waals surface area contributed by atoms with Crippen LogP contribution in [0.2, 0.25) is 0 Å². The van der Waals surface area contributed by atoms with Gasteiger partial charge < -0.3 is 14.2 Å². The summed E-state index contributed by atoms with van der Waals surface area (Å²) in [7, 11) is 0. The number of unbranched alkanes of at least 4 members (excludes halogenated alkanes) is 31. The van der Waals surface area contributed by atoms with Gasteiger partial charge in [0.1, 0.15) is 13.2 Å². The average Bonchev–Trinajstić information content (AvgIpc) is 3.45. The predicted molar refractivity (Wildman–Crippen MR) is 343 cm³/mol. The summed E-state index contributed by atoms with van der Waals surface area (Å²) in [4.78, 5) is 38.3. The molecule has 0 spiro atoms.